The van der Waals surface area contributed by atoms with Crippen LogP contribution in [0.5, 0.6) is 11.5 Å². The molecular formula is C23H25N3O3S. The number of amides is 1. The van der Waals surface area contributed by atoms with Crippen molar-refractivity contribution >= 4 is 23.5 Å². The lowest BCUT2D eigenvalue weighted by molar-refractivity contribution is 0.0958. The molecule has 0 unspecified atom stereocenters. The summed E-state index contributed by atoms with van der Waals surface area (Å²) in [5.41, 5.74) is 5.04. The van der Waals surface area contributed by atoms with Gasteiger partial charge in [0.15, 0.2) is 11.5 Å². The van der Waals surface area contributed by atoms with Crippen molar-refractivity contribution in [1.82, 2.24) is 10.4 Å². The van der Waals surface area contributed by atoms with Crippen LogP contribution in [0.25, 0.3) is 10.6 Å². The van der Waals surface area contributed by atoms with Crippen LogP contribution in [0.1, 0.15) is 41.7 Å². The zero-order chi connectivity index (χ0) is 21.5. The molecule has 3 rings (SSSR count). The van der Waals surface area contributed by atoms with Crippen LogP contribution in [0.15, 0.2) is 53.6 Å². The molecule has 1 aromatic heterocycles. The molecule has 7 heteroatoms. The van der Waals surface area contributed by atoms with Gasteiger partial charge in [-0.05, 0) is 51.5 Å². The van der Waals surface area contributed by atoms with Gasteiger partial charge in [-0.2, -0.15) is 5.10 Å². The van der Waals surface area contributed by atoms with Crippen LogP contribution in [0.2, 0.25) is 0 Å². The number of nitrogens with zero attached hydrogens (tertiary/aromatic N) is 2. The summed E-state index contributed by atoms with van der Waals surface area (Å²) in [4.78, 5) is 17.6. The number of benzene rings is 2. The lowest BCUT2D eigenvalue weighted by atomic mass is 10.2. The van der Waals surface area contributed by atoms with Gasteiger partial charge >= 0.3 is 0 Å². The molecule has 0 aliphatic heterocycles. The minimum Gasteiger partial charge on any atom is -0.490 e. The van der Waals surface area contributed by atoms with Gasteiger partial charge in [-0.3, -0.25) is 4.79 Å². The molecule has 1 heterocycles. The Bertz CT molecular complexity index is 1030. The molecule has 0 saturated carbocycles. The van der Waals surface area contributed by atoms with Gasteiger partial charge in [0.05, 0.1) is 24.6 Å². The van der Waals surface area contributed by atoms with Crippen molar-refractivity contribution in [2.24, 2.45) is 5.10 Å². The first-order chi connectivity index (χ1) is 14.5. The summed E-state index contributed by atoms with van der Waals surface area (Å²) >= 11 is 1.35. The topological polar surface area (TPSA) is 72.8 Å². The normalized spacial score (nSPS) is 11.1. The Labute approximate surface area is 180 Å². The van der Waals surface area contributed by atoms with Crippen LogP contribution in [0, 0.1) is 6.92 Å². The Morgan fingerprint density at radius 2 is 1.97 bits per heavy atom. The third-order valence-electron chi connectivity index (χ3n) is 4.03. The minimum atomic E-state index is -0.284. The summed E-state index contributed by atoms with van der Waals surface area (Å²) in [5, 5.41) is 4.90. The van der Waals surface area contributed by atoms with E-state index in [-0.39, 0.29) is 12.0 Å². The van der Waals surface area contributed by atoms with Gasteiger partial charge < -0.3 is 9.47 Å². The van der Waals surface area contributed by atoms with Crippen LogP contribution >= 0.6 is 11.3 Å². The fourth-order valence-electron chi connectivity index (χ4n) is 2.75. The van der Waals surface area contributed by atoms with Crippen molar-refractivity contribution < 1.29 is 14.3 Å². The van der Waals surface area contributed by atoms with Crippen LogP contribution < -0.4 is 14.9 Å². The number of nitrogens with one attached hydrogen (secondary N) is 1. The van der Waals surface area contributed by atoms with Crippen molar-refractivity contribution in [2.45, 2.75) is 33.8 Å². The zero-order valence-electron chi connectivity index (χ0n) is 17.5. The molecular weight excluding hydrogens is 398 g/mol. The molecule has 6 nitrogen and oxygen atoms in total. The molecule has 0 spiro atoms. The quantitative estimate of drug-likeness (QED) is 0.406. The van der Waals surface area contributed by atoms with Gasteiger partial charge in [0.1, 0.15) is 9.88 Å². The van der Waals surface area contributed by atoms with E-state index in [4.69, 9.17) is 9.47 Å². The fourth-order valence-corrected chi connectivity index (χ4v) is 3.71. The highest BCUT2D eigenvalue weighted by Crippen LogP contribution is 2.29. The molecule has 0 aliphatic carbocycles. The molecule has 156 valence electrons. The Kier molecular flexibility index (Phi) is 7.19. The number of aryl methyl sites for hydroxylation is 1. The maximum atomic E-state index is 12.5. The SMILES string of the molecule is CCOc1cc(/C=N/NC(=O)c2sc(-c3ccccc3)nc2C)ccc1OC(C)C. The Hall–Kier alpha value is -3.19. The van der Waals surface area contributed by atoms with E-state index in [1.807, 2.05) is 76.2 Å². The Morgan fingerprint density at radius 3 is 2.67 bits per heavy atom. The molecule has 0 bridgehead atoms. The van der Waals surface area contributed by atoms with E-state index in [1.165, 1.54) is 11.3 Å². The van der Waals surface area contributed by atoms with Crippen LogP contribution in [0.4, 0.5) is 0 Å². The summed E-state index contributed by atoms with van der Waals surface area (Å²) in [6, 6.07) is 15.3. The third kappa shape index (κ3) is 5.45. The number of hydrogen-bond acceptors (Lipinski definition) is 6. The van der Waals surface area contributed by atoms with Crippen molar-refractivity contribution in [3.8, 4) is 22.1 Å². The molecule has 0 saturated heterocycles. The van der Waals surface area contributed by atoms with E-state index in [0.717, 1.165) is 16.1 Å². The standard InChI is InChI=1S/C23H25N3O3S/c1-5-28-20-13-17(11-12-19(20)29-15(2)3)14-24-26-22(27)21-16(4)25-23(30-21)18-9-7-6-8-10-18/h6-15H,5H2,1-4H3,(H,26,27)/b24-14+. The summed E-state index contributed by atoms with van der Waals surface area (Å²) in [6.45, 7) is 8.20. The number of aromatic nitrogens is 1. The van der Waals surface area contributed by atoms with Gasteiger partial charge in [-0.25, -0.2) is 10.4 Å². The van der Waals surface area contributed by atoms with E-state index in [9.17, 15) is 4.79 Å². The van der Waals surface area contributed by atoms with Gasteiger partial charge in [0, 0.05) is 5.56 Å². The number of thiazole rings is 1. The first-order valence-electron chi connectivity index (χ1n) is 9.77. The number of carbonyl (C=O) groups is 1. The molecule has 30 heavy (non-hydrogen) atoms. The van der Waals surface area contributed by atoms with E-state index < -0.39 is 0 Å². The molecule has 0 fully saturated rings. The predicted molar refractivity (Wildman–Crippen MR) is 121 cm³/mol. The largest absolute Gasteiger partial charge is 0.490 e. The van der Waals surface area contributed by atoms with Crippen LogP contribution in [0.3, 0.4) is 0 Å². The molecule has 0 aliphatic rings. The zero-order valence-corrected chi connectivity index (χ0v) is 18.3. The molecule has 3 aromatic rings. The van der Waals surface area contributed by atoms with E-state index in [2.05, 4.69) is 15.5 Å². The van der Waals surface area contributed by atoms with Gasteiger partial charge in [0.2, 0.25) is 0 Å². The second-order valence-electron chi connectivity index (χ2n) is 6.80. The smallest absolute Gasteiger partial charge is 0.283 e. The third-order valence-corrected chi connectivity index (χ3v) is 5.24. The maximum absolute atomic E-state index is 12.5. The van der Waals surface area contributed by atoms with Crippen molar-refractivity contribution in [3.05, 3.63) is 64.7 Å². The highest BCUT2D eigenvalue weighted by atomic mass is 32.1. The van der Waals surface area contributed by atoms with Crippen molar-refractivity contribution in [2.75, 3.05) is 6.61 Å². The van der Waals surface area contributed by atoms with E-state index in [1.54, 1.807) is 6.21 Å². The van der Waals surface area contributed by atoms with E-state index >= 15 is 0 Å². The second-order valence-corrected chi connectivity index (χ2v) is 7.80. The summed E-state index contributed by atoms with van der Waals surface area (Å²) < 4.78 is 11.4. The monoisotopic (exact) mass is 423 g/mol. The average Bonchev–Trinajstić information content (AvgIpc) is 3.12. The molecule has 0 radical (unpaired) electrons. The first-order valence-corrected chi connectivity index (χ1v) is 10.6. The average molecular weight is 424 g/mol. The van der Waals surface area contributed by atoms with Gasteiger partial charge in [-0.1, -0.05) is 30.3 Å². The summed E-state index contributed by atoms with van der Waals surface area (Å²) in [5.74, 6) is 1.04. The van der Waals surface area contributed by atoms with Gasteiger partial charge in [0.25, 0.3) is 5.91 Å². The minimum absolute atomic E-state index is 0.0476. The van der Waals surface area contributed by atoms with Crippen LogP contribution in [-0.2, 0) is 0 Å². The predicted octanol–water partition coefficient (Wildman–Crippen LogP) is 5.07. The van der Waals surface area contributed by atoms with Crippen molar-refractivity contribution in [3.63, 3.8) is 0 Å². The van der Waals surface area contributed by atoms with E-state index in [0.29, 0.717) is 28.7 Å². The number of carbonyl (C=O) groups excluding carboxylic acids is 1. The molecule has 2 aromatic carbocycles. The van der Waals surface area contributed by atoms with Crippen LogP contribution in [-0.4, -0.2) is 29.8 Å². The van der Waals surface area contributed by atoms with Crippen molar-refractivity contribution in [1.29, 1.82) is 0 Å². The number of hydrazone groups is 1. The molecule has 0 atom stereocenters. The summed E-state index contributed by atoms with van der Waals surface area (Å²) in [6.07, 6.45) is 1.63. The first kappa shape index (κ1) is 21.5. The fraction of sp³-hybridized carbons (Fsp3) is 0.261. The Balaban J connectivity index is 1.70. The lowest BCUT2D eigenvalue weighted by Crippen LogP contribution is -2.17. The van der Waals surface area contributed by atoms with Gasteiger partial charge in [-0.15, -0.1) is 11.3 Å². The second kappa shape index (κ2) is 10.0. The number of hydrogen-bond donors (Lipinski definition) is 1. The molecule has 1 amide bonds. The highest BCUT2D eigenvalue weighted by Gasteiger charge is 2.15. The molecule has 1 N–H and O–H groups in total. The number of rotatable bonds is 8. The summed E-state index contributed by atoms with van der Waals surface area (Å²) in [7, 11) is 0. The Morgan fingerprint density at radius 1 is 1.20 bits per heavy atom. The lowest BCUT2D eigenvalue weighted by Gasteiger charge is -2.14. The number of ether oxygens (including phenoxy) is 2. The maximum Gasteiger partial charge on any atom is 0.283 e. The highest BCUT2D eigenvalue weighted by molar-refractivity contribution is 7.17.